The predicted octanol–water partition coefficient (Wildman–Crippen LogP) is 2.14. The second kappa shape index (κ2) is 7.18. The molecule has 0 saturated heterocycles. The SMILES string of the molecule is O=C(O)CSCC(=O)NCc1ccc(C(F)(F)F)cc1. The van der Waals surface area contributed by atoms with Crippen LogP contribution >= 0.6 is 11.8 Å². The highest BCUT2D eigenvalue weighted by molar-refractivity contribution is 8.00. The zero-order chi connectivity index (χ0) is 15.2. The first-order valence-electron chi connectivity index (χ1n) is 5.51. The fourth-order valence-corrected chi connectivity index (χ4v) is 1.86. The smallest absolute Gasteiger partial charge is 0.416 e. The number of nitrogens with one attached hydrogen (secondary N) is 1. The molecule has 0 aromatic heterocycles. The molecule has 0 aliphatic heterocycles. The van der Waals surface area contributed by atoms with Gasteiger partial charge in [0.25, 0.3) is 0 Å². The van der Waals surface area contributed by atoms with Crippen molar-refractivity contribution >= 4 is 23.6 Å². The summed E-state index contributed by atoms with van der Waals surface area (Å²) in [5, 5.41) is 10.9. The van der Waals surface area contributed by atoms with Crippen molar-refractivity contribution in [2.45, 2.75) is 12.7 Å². The Morgan fingerprint density at radius 1 is 1.15 bits per heavy atom. The molecule has 8 heteroatoms. The molecule has 110 valence electrons. The van der Waals surface area contributed by atoms with Gasteiger partial charge in [-0.1, -0.05) is 12.1 Å². The molecule has 0 unspecified atom stereocenters. The molecule has 0 aliphatic rings. The Kier molecular flexibility index (Phi) is 5.87. The lowest BCUT2D eigenvalue weighted by molar-refractivity contribution is -0.137. The van der Waals surface area contributed by atoms with Gasteiger partial charge in [-0.15, -0.1) is 11.8 Å². The van der Waals surface area contributed by atoms with Crippen LogP contribution in [0.4, 0.5) is 13.2 Å². The zero-order valence-electron chi connectivity index (χ0n) is 10.2. The number of carboxylic acid groups (broad SMARTS) is 1. The van der Waals surface area contributed by atoms with E-state index in [2.05, 4.69) is 5.32 Å². The highest BCUT2D eigenvalue weighted by atomic mass is 32.2. The second-order valence-corrected chi connectivity index (χ2v) is 4.84. The number of hydrogen-bond acceptors (Lipinski definition) is 3. The van der Waals surface area contributed by atoms with Crippen LogP contribution in [0.3, 0.4) is 0 Å². The third-order valence-electron chi connectivity index (χ3n) is 2.23. The predicted molar refractivity (Wildman–Crippen MR) is 68.3 cm³/mol. The highest BCUT2D eigenvalue weighted by Gasteiger charge is 2.29. The summed E-state index contributed by atoms with van der Waals surface area (Å²) in [6.45, 7) is 0.102. The number of alkyl halides is 3. The van der Waals surface area contributed by atoms with Gasteiger partial charge in [0.15, 0.2) is 0 Å². The normalized spacial score (nSPS) is 11.2. The molecule has 0 aliphatic carbocycles. The van der Waals surface area contributed by atoms with Crippen LogP contribution in [0.1, 0.15) is 11.1 Å². The summed E-state index contributed by atoms with van der Waals surface area (Å²) < 4.78 is 37.0. The number of carbonyl (C=O) groups excluding carboxylic acids is 1. The number of benzene rings is 1. The Morgan fingerprint density at radius 2 is 1.75 bits per heavy atom. The maximum absolute atomic E-state index is 12.3. The monoisotopic (exact) mass is 307 g/mol. The van der Waals surface area contributed by atoms with Gasteiger partial charge in [0.2, 0.25) is 5.91 Å². The Morgan fingerprint density at radius 3 is 2.25 bits per heavy atom. The van der Waals surface area contributed by atoms with E-state index in [1.807, 2.05) is 0 Å². The summed E-state index contributed by atoms with van der Waals surface area (Å²) in [7, 11) is 0. The van der Waals surface area contributed by atoms with E-state index in [9.17, 15) is 22.8 Å². The van der Waals surface area contributed by atoms with E-state index in [-0.39, 0.29) is 24.0 Å². The highest BCUT2D eigenvalue weighted by Crippen LogP contribution is 2.28. The Bertz CT molecular complexity index is 474. The summed E-state index contributed by atoms with van der Waals surface area (Å²) in [4.78, 5) is 21.5. The first-order valence-corrected chi connectivity index (χ1v) is 6.67. The van der Waals surface area contributed by atoms with Crippen molar-refractivity contribution in [2.24, 2.45) is 0 Å². The third-order valence-corrected chi connectivity index (χ3v) is 3.15. The quantitative estimate of drug-likeness (QED) is 0.845. The molecular weight excluding hydrogens is 295 g/mol. The summed E-state index contributed by atoms with van der Waals surface area (Å²) in [6, 6.07) is 4.46. The zero-order valence-corrected chi connectivity index (χ0v) is 11.1. The molecule has 0 spiro atoms. The minimum absolute atomic E-state index is 0.00701. The lowest BCUT2D eigenvalue weighted by Gasteiger charge is -2.08. The summed E-state index contributed by atoms with van der Waals surface area (Å²) in [5.41, 5.74) is -0.209. The maximum Gasteiger partial charge on any atom is 0.416 e. The van der Waals surface area contributed by atoms with Crippen LogP contribution in [-0.2, 0) is 22.3 Å². The molecule has 0 saturated carbocycles. The van der Waals surface area contributed by atoms with Crippen LogP contribution in [0, 0.1) is 0 Å². The van der Waals surface area contributed by atoms with Gasteiger partial charge >= 0.3 is 12.1 Å². The molecule has 0 atom stereocenters. The number of amides is 1. The van der Waals surface area contributed by atoms with E-state index in [1.54, 1.807) is 0 Å². The summed E-state index contributed by atoms with van der Waals surface area (Å²) >= 11 is 0.950. The minimum Gasteiger partial charge on any atom is -0.481 e. The molecule has 0 fully saturated rings. The maximum atomic E-state index is 12.3. The van der Waals surface area contributed by atoms with Crippen LogP contribution in [-0.4, -0.2) is 28.5 Å². The summed E-state index contributed by atoms with van der Waals surface area (Å²) in [5.74, 6) is -1.55. The Balaban J connectivity index is 2.38. The first kappa shape index (κ1) is 16.4. The minimum atomic E-state index is -4.38. The largest absolute Gasteiger partial charge is 0.481 e. The van der Waals surface area contributed by atoms with Crippen molar-refractivity contribution in [1.82, 2.24) is 5.32 Å². The molecule has 4 nitrogen and oxygen atoms in total. The molecule has 1 aromatic carbocycles. The fourth-order valence-electron chi connectivity index (χ4n) is 1.29. The number of aliphatic carboxylic acids is 1. The van der Waals surface area contributed by atoms with E-state index in [4.69, 9.17) is 5.11 Å². The van der Waals surface area contributed by atoms with Crippen molar-refractivity contribution in [3.8, 4) is 0 Å². The molecule has 1 amide bonds. The third kappa shape index (κ3) is 5.96. The van der Waals surface area contributed by atoms with Gasteiger partial charge < -0.3 is 10.4 Å². The van der Waals surface area contributed by atoms with Gasteiger partial charge in [-0.25, -0.2) is 0 Å². The standard InChI is InChI=1S/C12H12F3NO3S/c13-12(14,15)9-3-1-8(2-4-9)5-16-10(17)6-20-7-11(18)19/h1-4H,5-7H2,(H,16,17)(H,18,19). The van der Waals surface area contributed by atoms with E-state index in [0.29, 0.717) is 5.56 Å². The van der Waals surface area contributed by atoms with Gasteiger partial charge in [-0.3, -0.25) is 9.59 Å². The number of hydrogen-bond donors (Lipinski definition) is 2. The van der Waals surface area contributed by atoms with Gasteiger partial charge in [0.05, 0.1) is 17.1 Å². The molecule has 1 rings (SSSR count). The average molecular weight is 307 g/mol. The number of carbonyl (C=O) groups is 2. The first-order chi connectivity index (χ1) is 9.29. The van der Waals surface area contributed by atoms with E-state index >= 15 is 0 Å². The van der Waals surface area contributed by atoms with Gasteiger partial charge in [-0.2, -0.15) is 13.2 Å². The van der Waals surface area contributed by atoms with Gasteiger partial charge in [0.1, 0.15) is 0 Å². The number of rotatable bonds is 6. The molecule has 0 bridgehead atoms. The fraction of sp³-hybridized carbons (Fsp3) is 0.333. The molecule has 20 heavy (non-hydrogen) atoms. The van der Waals surface area contributed by atoms with Crippen molar-refractivity contribution in [2.75, 3.05) is 11.5 Å². The van der Waals surface area contributed by atoms with Crippen molar-refractivity contribution in [3.63, 3.8) is 0 Å². The van der Waals surface area contributed by atoms with Gasteiger partial charge in [-0.05, 0) is 17.7 Å². The number of carboxylic acids is 1. The number of halogens is 3. The van der Waals surface area contributed by atoms with E-state index in [1.165, 1.54) is 12.1 Å². The average Bonchev–Trinajstić information content (AvgIpc) is 2.35. The van der Waals surface area contributed by atoms with Crippen molar-refractivity contribution in [1.29, 1.82) is 0 Å². The van der Waals surface area contributed by atoms with Crippen molar-refractivity contribution in [3.05, 3.63) is 35.4 Å². The topological polar surface area (TPSA) is 66.4 Å². The summed E-state index contributed by atoms with van der Waals surface area (Å²) in [6.07, 6.45) is -4.38. The van der Waals surface area contributed by atoms with Crippen LogP contribution in [0.15, 0.2) is 24.3 Å². The van der Waals surface area contributed by atoms with Gasteiger partial charge in [0, 0.05) is 6.54 Å². The van der Waals surface area contributed by atoms with Crippen molar-refractivity contribution < 1.29 is 27.9 Å². The van der Waals surface area contributed by atoms with Crippen LogP contribution in [0.5, 0.6) is 0 Å². The molecule has 0 radical (unpaired) electrons. The van der Waals surface area contributed by atoms with Crippen LogP contribution in [0.2, 0.25) is 0 Å². The lowest BCUT2D eigenvalue weighted by atomic mass is 10.1. The van der Waals surface area contributed by atoms with Crippen LogP contribution < -0.4 is 5.32 Å². The Hall–Kier alpha value is -1.70. The van der Waals surface area contributed by atoms with E-state index < -0.39 is 17.7 Å². The van der Waals surface area contributed by atoms with Crippen LogP contribution in [0.25, 0.3) is 0 Å². The molecule has 0 heterocycles. The molecule has 1 aromatic rings. The Labute approximate surface area is 117 Å². The lowest BCUT2D eigenvalue weighted by Crippen LogP contribution is -2.25. The second-order valence-electron chi connectivity index (χ2n) is 3.86. The number of thioether (sulfide) groups is 1. The molecular formula is C12H12F3NO3S. The molecule has 2 N–H and O–H groups in total. The van der Waals surface area contributed by atoms with E-state index in [0.717, 1.165) is 23.9 Å².